The van der Waals surface area contributed by atoms with Gasteiger partial charge in [0.1, 0.15) is 35.6 Å². The van der Waals surface area contributed by atoms with E-state index in [1.54, 1.807) is 13.0 Å². The van der Waals surface area contributed by atoms with E-state index >= 15 is 0 Å². The molecule has 7 aliphatic rings. The molecule has 0 N–H and O–H groups in total. The Balaban J connectivity index is 1.49. The molecule has 1 aromatic rings. The lowest BCUT2D eigenvalue weighted by atomic mass is 9.34. The van der Waals surface area contributed by atoms with Crippen LogP contribution in [-0.4, -0.2) is 90.1 Å². The maximum atomic E-state index is 13.9. The van der Waals surface area contributed by atoms with E-state index in [4.69, 9.17) is 47.0 Å². The van der Waals surface area contributed by atoms with Gasteiger partial charge in [-0.15, -0.1) is 0 Å². The van der Waals surface area contributed by atoms with Gasteiger partial charge in [-0.2, -0.15) is 0 Å². The van der Waals surface area contributed by atoms with Crippen molar-refractivity contribution in [3.05, 3.63) is 24.2 Å². The Morgan fingerprint density at radius 2 is 1.53 bits per heavy atom. The molecule has 288 valence electrons. The number of carbonyl (C=O) groups excluding carboxylic acids is 6. The second-order valence-corrected chi connectivity index (χ2v) is 16.5. The number of cyclic esters (lactones) is 1. The Labute approximate surface area is 304 Å². The normalized spacial score (nSPS) is 48.5. The van der Waals surface area contributed by atoms with E-state index in [1.165, 1.54) is 40.4 Å². The van der Waals surface area contributed by atoms with Gasteiger partial charge in [-0.1, -0.05) is 20.8 Å². The fourth-order valence-electron chi connectivity index (χ4n) is 13.1. The monoisotopic (exact) mass is 744 g/mol. The van der Waals surface area contributed by atoms with Gasteiger partial charge in [0.25, 0.3) is 5.97 Å². The highest BCUT2D eigenvalue weighted by Crippen LogP contribution is 2.89. The summed E-state index contributed by atoms with van der Waals surface area (Å²) in [6.07, 6.45) is -3.58. The van der Waals surface area contributed by atoms with E-state index in [0.29, 0.717) is 5.56 Å². The molecule has 0 amide bonds. The molecule has 7 fully saturated rings. The van der Waals surface area contributed by atoms with Gasteiger partial charge in [0.05, 0.1) is 43.0 Å². The minimum Gasteiger partial charge on any atom is -0.472 e. The first-order valence-electron chi connectivity index (χ1n) is 17.8. The van der Waals surface area contributed by atoms with Crippen molar-refractivity contribution >= 4 is 35.8 Å². The maximum absolute atomic E-state index is 13.9. The topological polar surface area (TPSA) is 199 Å². The van der Waals surface area contributed by atoms with Crippen LogP contribution in [0, 0.1) is 34.0 Å². The highest BCUT2D eigenvalue weighted by atomic mass is 16.9. The maximum Gasteiger partial charge on any atom is 0.347 e. The molecule has 3 aliphatic heterocycles. The first kappa shape index (κ1) is 36.0. The van der Waals surface area contributed by atoms with E-state index in [2.05, 4.69) is 0 Å². The van der Waals surface area contributed by atoms with Crippen molar-refractivity contribution in [1.29, 1.82) is 0 Å². The molecule has 3 saturated heterocycles. The summed E-state index contributed by atoms with van der Waals surface area (Å²) in [5, 5.41) is 0. The van der Waals surface area contributed by atoms with Crippen LogP contribution in [0.25, 0.3) is 0 Å². The standard InChI is InChI=1S/C37H44O16/c1-16(38)46-22-13-36-33(7)26(25(30(43)44-9)47-17(2)39)31(5)15-35(33)24(28(31)48-18(3)40)29(49-19(4)41)37(36,53-34(8,51-35)52-36)21-12-23(42)50-27(32(21,22)6)20-10-11-45-14-20/h10-11,14,21-22,24-29H,12-13,15H2,1-9H3/t21-,22+,24+,25+,26+,27+,28-,29-,31-,32+,33-,34+,35+,36+,37-/m1/s1. The fourth-order valence-corrected chi connectivity index (χ4v) is 13.1. The largest absolute Gasteiger partial charge is 0.472 e. The summed E-state index contributed by atoms with van der Waals surface area (Å²) in [5.74, 6) is -9.18. The third kappa shape index (κ3) is 4.01. The average molecular weight is 745 g/mol. The fraction of sp³-hybridized carbons (Fsp3) is 0.730. The van der Waals surface area contributed by atoms with Crippen LogP contribution in [0.2, 0.25) is 0 Å². The second-order valence-electron chi connectivity index (χ2n) is 16.5. The second kappa shape index (κ2) is 10.8. The van der Waals surface area contributed by atoms with Crippen LogP contribution in [0.15, 0.2) is 23.0 Å². The van der Waals surface area contributed by atoms with Gasteiger partial charge >= 0.3 is 35.8 Å². The lowest BCUT2D eigenvalue weighted by Gasteiger charge is -2.76. The Kier molecular flexibility index (Phi) is 7.34. The number of hydrogen-bond donors (Lipinski definition) is 0. The van der Waals surface area contributed by atoms with Crippen LogP contribution in [0.1, 0.15) is 86.3 Å². The van der Waals surface area contributed by atoms with Crippen molar-refractivity contribution < 1.29 is 75.8 Å². The SMILES string of the molecule is COC(=O)[C@@H](OC(C)=O)[C@H]1[C@@]2(C)C[C@]34O[C@]5(C)O[C@@]6([C@H](OC(C)=O)[C@@H]3[C@H]2OC(C)=O)[C@@H]2CC(=O)O[C@@H](c3ccoc3)[C@]2(C)[C@@H](OC(C)=O)C[C@]6(O5)[C@]14C. The summed E-state index contributed by atoms with van der Waals surface area (Å²) in [6, 6.07) is 1.64. The zero-order valence-corrected chi connectivity index (χ0v) is 31.0. The third-order valence-corrected chi connectivity index (χ3v) is 14.1. The van der Waals surface area contributed by atoms with Crippen LogP contribution in [0.5, 0.6) is 0 Å². The zero-order chi connectivity index (χ0) is 38.5. The number of esters is 6. The summed E-state index contributed by atoms with van der Waals surface area (Å²) >= 11 is 0. The lowest BCUT2D eigenvalue weighted by Crippen LogP contribution is -2.90. The van der Waals surface area contributed by atoms with Crippen LogP contribution < -0.4 is 0 Å². The van der Waals surface area contributed by atoms with Crippen LogP contribution in [0.3, 0.4) is 0 Å². The molecule has 4 aliphatic carbocycles. The summed E-state index contributed by atoms with van der Waals surface area (Å²) in [7, 11) is 1.17. The third-order valence-electron chi connectivity index (χ3n) is 14.1. The minimum absolute atomic E-state index is 0.107. The first-order valence-corrected chi connectivity index (χ1v) is 17.8. The summed E-state index contributed by atoms with van der Waals surface area (Å²) < 4.78 is 62.9. The molecular weight excluding hydrogens is 700 g/mol. The van der Waals surface area contributed by atoms with Gasteiger partial charge in [0, 0.05) is 69.3 Å². The van der Waals surface area contributed by atoms with E-state index in [-0.39, 0.29) is 19.3 Å². The Morgan fingerprint density at radius 1 is 0.868 bits per heavy atom. The molecule has 4 bridgehead atoms. The predicted molar refractivity (Wildman–Crippen MR) is 170 cm³/mol. The molecule has 16 nitrogen and oxygen atoms in total. The lowest BCUT2D eigenvalue weighted by molar-refractivity contribution is -0.460. The zero-order valence-electron chi connectivity index (χ0n) is 31.0. The molecule has 8 rings (SSSR count). The number of furan rings is 1. The van der Waals surface area contributed by atoms with Crippen molar-refractivity contribution in [2.75, 3.05) is 7.11 Å². The quantitative estimate of drug-likeness (QED) is 0.291. The number of rotatable bonds is 7. The molecule has 4 heterocycles. The minimum atomic E-state index is -1.87. The van der Waals surface area contributed by atoms with Gasteiger partial charge in [0.15, 0.2) is 0 Å². The van der Waals surface area contributed by atoms with Gasteiger partial charge in [-0.3, -0.25) is 24.0 Å². The first-order chi connectivity index (χ1) is 24.7. The predicted octanol–water partition coefficient (Wildman–Crippen LogP) is 2.84. The van der Waals surface area contributed by atoms with Crippen LogP contribution in [0.4, 0.5) is 0 Å². The van der Waals surface area contributed by atoms with Crippen LogP contribution >= 0.6 is 0 Å². The molecule has 53 heavy (non-hydrogen) atoms. The summed E-state index contributed by atoms with van der Waals surface area (Å²) in [5.41, 5.74) is -8.50. The molecule has 4 saturated carbocycles. The number of ether oxygens (including phenoxy) is 9. The highest BCUT2D eigenvalue weighted by molar-refractivity contribution is 5.80. The smallest absolute Gasteiger partial charge is 0.347 e. The van der Waals surface area contributed by atoms with Crippen molar-refractivity contribution in [2.24, 2.45) is 34.0 Å². The van der Waals surface area contributed by atoms with Crippen molar-refractivity contribution in [3.8, 4) is 0 Å². The molecule has 0 unspecified atom stereocenters. The summed E-state index contributed by atoms with van der Waals surface area (Å²) in [4.78, 5) is 80.2. The van der Waals surface area contributed by atoms with Gasteiger partial charge in [-0.05, 0) is 12.5 Å². The van der Waals surface area contributed by atoms with Gasteiger partial charge < -0.3 is 47.0 Å². The number of carbonyl (C=O) groups is 6. The van der Waals surface area contributed by atoms with Crippen LogP contribution in [-0.2, 0) is 71.4 Å². The van der Waals surface area contributed by atoms with Gasteiger partial charge in [-0.25, -0.2) is 4.79 Å². The number of fused-ring (bicyclic) bond motifs is 3. The van der Waals surface area contributed by atoms with E-state index < -0.39 is 123 Å². The Morgan fingerprint density at radius 3 is 2.11 bits per heavy atom. The number of methoxy groups -OCH3 is 1. The Bertz CT molecular complexity index is 1820. The van der Waals surface area contributed by atoms with E-state index in [0.717, 1.165) is 6.92 Å². The van der Waals surface area contributed by atoms with E-state index in [9.17, 15) is 28.8 Å². The molecule has 1 aromatic heterocycles. The van der Waals surface area contributed by atoms with Crippen molar-refractivity contribution in [2.45, 2.75) is 128 Å². The van der Waals surface area contributed by atoms with Crippen molar-refractivity contribution in [1.82, 2.24) is 0 Å². The average Bonchev–Trinajstić information content (AvgIpc) is 3.74. The Hall–Kier alpha value is -4.02. The molecule has 16 heteroatoms. The summed E-state index contributed by atoms with van der Waals surface area (Å²) in [6.45, 7) is 12.0. The van der Waals surface area contributed by atoms with Gasteiger partial charge in [0.2, 0.25) is 6.10 Å². The van der Waals surface area contributed by atoms with Crippen molar-refractivity contribution in [3.63, 3.8) is 0 Å². The molecular formula is C37H44O16. The molecule has 15 atom stereocenters. The molecule has 0 radical (unpaired) electrons. The number of hydrogen-bond acceptors (Lipinski definition) is 16. The molecule has 2 spiro atoms. The van der Waals surface area contributed by atoms with E-state index in [1.807, 2.05) is 20.8 Å². The highest BCUT2D eigenvalue weighted by Gasteiger charge is 3.01. The molecule has 0 aromatic carbocycles.